The number of methoxy groups -OCH3 is 3. The third-order valence-electron chi connectivity index (χ3n) is 7.36. The van der Waals surface area contributed by atoms with Crippen LogP contribution in [0, 0.1) is 0 Å². The molecule has 1 aliphatic heterocycles. The average Bonchev–Trinajstić information content (AvgIpc) is 3.34. The lowest BCUT2D eigenvalue weighted by atomic mass is 9.82. The Morgan fingerprint density at radius 3 is 2.50 bits per heavy atom. The van der Waals surface area contributed by atoms with Gasteiger partial charge in [-0.25, -0.2) is 4.79 Å². The van der Waals surface area contributed by atoms with Crippen molar-refractivity contribution in [2.45, 2.75) is 19.0 Å². The molecule has 3 aromatic carbocycles. The summed E-state index contributed by atoms with van der Waals surface area (Å²) in [6.07, 6.45) is 1.81. The van der Waals surface area contributed by atoms with Crippen LogP contribution in [-0.4, -0.2) is 54.6 Å². The van der Waals surface area contributed by atoms with E-state index in [0.29, 0.717) is 28.1 Å². The van der Waals surface area contributed by atoms with Gasteiger partial charge in [-0.1, -0.05) is 6.07 Å². The zero-order valence-electron chi connectivity index (χ0n) is 21.5. The molecule has 2 heterocycles. The summed E-state index contributed by atoms with van der Waals surface area (Å²) in [7, 11) is 4.32. The van der Waals surface area contributed by atoms with Crippen molar-refractivity contribution in [1.82, 2.24) is 4.98 Å². The number of H-pyrrole nitrogens is 1. The number of ether oxygens (including phenoxy) is 3. The molecule has 0 saturated heterocycles. The van der Waals surface area contributed by atoms with Gasteiger partial charge in [0.1, 0.15) is 17.3 Å². The molecule has 196 valence electrons. The normalized spacial score (nSPS) is 17.0. The molecule has 9 nitrogen and oxygen atoms in total. The number of hydrogen-bond donors (Lipinski definition) is 3. The number of benzene rings is 2. The summed E-state index contributed by atoms with van der Waals surface area (Å²) in [6, 6.07) is 14.1. The largest absolute Gasteiger partial charge is 0.507 e. The Hall–Kier alpha value is -4.50. The van der Waals surface area contributed by atoms with Gasteiger partial charge in [-0.2, -0.15) is 0 Å². The van der Waals surface area contributed by atoms with Crippen molar-refractivity contribution >= 4 is 39.1 Å². The van der Waals surface area contributed by atoms with E-state index in [-0.39, 0.29) is 17.7 Å². The van der Waals surface area contributed by atoms with E-state index >= 15 is 0 Å². The molecule has 0 bridgehead atoms. The highest BCUT2D eigenvalue weighted by Gasteiger charge is 2.50. The predicted molar refractivity (Wildman–Crippen MR) is 145 cm³/mol. The monoisotopic (exact) mass is 516 g/mol. The van der Waals surface area contributed by atoms with Gasteiger partial charge in [0.15, 0.2) is 11.0 Å². The number of carbonyl (C=O) groups excluding carboxylic acids is 1. The molecule has 9 heteroatoms. The van der Waals surface area contributed by atoms with E-state index in [2.05, 4.69) is 4.98 Å². The highest BCUT2D eigenvalue weighted by atomic mass is 16.5. The van der Waals surface area contributed by atoms with Gasteiger partial charge >= 0.3 is 5.97 Å². The molecule has 1 unspecified atom stereocenters. The standard InChI is InChI=1S/C29H28N2O7/c1-29(28(35)38-4)21(15-32)27(34)25-23(33)8-6-16-12-22-17(9-10-30-22)11-20(16)26(25)31(29)14-18-5-7-19(36-2)13-24(18)37-3/h5-13,30,32,34H,14-15H2,1-4H3. The zero-order chi connectivity index (χ0) is 27.2. The van der Waals surface area contributed by atoms with E-state index in [1.807, 2.05) is 24.4 Å². The van der Waals surface area contributed by atoms with Crippen LogP contribution in [0.5, 0.6) is 11.5 Å². The minimum absolute atomic E-state index is 0.00667. The molecule has 0 aliphatic carbocycles. The van der Waals surface area contributed by atoms with Crippen LogP contribution in [0.3, 0.4) is 0 Å². The number of nitrogens with zero attached hydrogens (tertiary/aromatic N) is 1. The number of carbonyl (C=O) groups is 1. The zero-order valence-corrected chi connectivity index (χ0v) is 21.5. The van der Waals surface area contributed by atoms with Gasteiger partial charge in [0, 0.05) is 46.2 Å². The van der Waals surface area contributed by atoms with Crippen LogP contribution in [0.15, 0.2) is 65.1 Å². The maximum Gasteiger partial charge on any atom is 0.336 e. The van der Waals surface area contributed by atoms with Crippen LogP contribution in [-0.2, 0) is 16.1 Å². The second-order valence-corrected chi connectivity index (χ2v) is 9.24. The number of hydrogen-bond acceptors (Lipinski definition) is 8. The second-order valence-electron chi connectivity index (χ2n) is 9.24. The molecule has 1 aliphatic rings. The van der Waals surface area contributed by atoms with E-state index < -0.39 is 29.3 Å². The van der Waals surface area contributed by atoms with Crippen molar-refractivity contribution in [2.75, 3.05) is 32.8 Å². The summed E-state index contributed by atoms with van der Waals surface area (Å²) in [6.45, 7) is 0.967. The molecule has 0 saturated carbocycles. The average molecular weight is 517 g/mol. The summed E-state index contributed by atoms with van der Waals surface area (Å²) in [5.74, 6) is -0.0593. The van der Waals surface area contributed by atoms with Crippen molar-refractivity contribution in [2.24, 2.45) is 0 Å². The Kier molecular flexibility index (Phi) is 6.24. The number of esters is 1. The van der Waals surface area contributed by atoms with Crippen LogP contribution in [0.1, 0.15) is 18.1 Å². The summed E-state index contributed by atoms with van der Waals surface area (Å²) >= 11 is 0. The van der Waals surface area contributed by atoms with Crippen LogP contribution in [0.2, 0.25) is 0 Å². The highest BCUT2D eigenvalue weighted by Crippen LogP contribution is 2.46. The first-order valence-corrected chi connectivity index (χ1v) is 12.0. The number of fused-ring (bicyclic) bond motifs is 4. The van der Waals surface area contributed by atoms with Gasteiger partial charge in [0.2, 0.25) is 0 Å². The maximum absolute atomic E-state index is 13.5. The number of aliphatic hydroxyl groups is 2. The summed E-state index contributed by atoms with van der Waals surface area (Å²) in [5, 5.41) is 24.1. The number of anilines is 1. The number of aromatic amines is 1. The van der Waals surface area contributed by atoms with Crippen molar-refractivity contribution in [3.63, 3.8) is 0 Å². The summed E-state index contributed by atoms with van der Waals surface area (Å²) in [5.41, 5.74) is -0.262. The van der Waals surface area contributed by atoms with Gasteiger partial charge in [-0.05, 0) is 48.7 Å². The third kappa shape index (κ3) is 3.66. The number of nitrogens with one attached hydrogen (secondary N) is 1. The smallest absolute Gasteiger partial charge is 0.336 e. The molecule has 0 amide bonds. The Morgan fingerprint density at radius 2 is 1.82 bits per heavy atom. The number of rotatable bonds is 6. The molecule has 3 N–H and O–H groups in total. The van der Waals surface area contributed by atoms with Gasteiger partial charge in [0.25, 0.3) is 0 Å². The molecule has 1 atom stereocenters. The minimum Gasteiger partial charge on any atom is -0.507 e. The third-order valence-corrected chi connectivity index (χ3v) is 7.36. The fourth-order valence-electron chi connectivity index (χ4n) is 5.29. The molecular formula is C29H28N2O7. The molecule has 0 fully saturated rings. The van der Waals surface area contributed by atoms with Crippen molar-refractivity contribution in [3.8, 4) is 11.5 Å². The van der Waals surface area contributed by atoms with E-state index in [1.54, 1.807) is 43.2 Å². The summed E-state index contributed by atoms with van der Waals surface area (Å²) < 4.78 is 16.2. The molecule has 1 aromatic heterocycles. The SMILES string of the molecule is COC(=O)C1(C)C(CO)=C(O)c2c(c3cc4cc[nH]c4cc3ccc2=O)N1Cc1ccc(OC)cc1OC. The molecule has 4 aromatic rings. The predicted octanol–water partition coefficient (Wildman–Crippen LogP) is 3.91. The van der Waals surface area contributed by atoms with Crippen LogP contribution in [0.4, 0.5) is 5.69 Å². The minimum atomic E-state index is -1.66. The first-order valence-electron chi connectivity index (χ1n) is 12.0. The van der Waals surface area contributed by atoms with Crippen LogP contribution >= 0.6 is 0 Å². The van der Waals surface area contributed by atoms with Crippen molar-refractivity contribution in [3.05, 3.63) is 81.7 Å². The maximum atomic E-state index is 13.5. The van der Waals surface area contributed by atoms with Gasteiger partial charge in [-0.15, -0.1) is 0 Å². The lowest BCUT2D eigenvalue weighted by molar-refractivity contribution is -0.145. The Balaban J connectivity index is 1.92. The van der Waals surface area contributed by atoms with Crippen LogP contribution in [0.25, 0.3) is 27.4 Å². The molecule has 38 heavy (non-hydrogen) atoms. The Morgan fingerprint density at radius 1 is 1.03 bits per heavy atom. The summed E-state index contributed by atoms with van der Waals surface area (Å²) in [4.78, 5) is 31.8. The number of aliphatic hydroxyl groups excluding tert-OH is 2. The molecular weight excluding hydrogens is 488 g/mol. The van der Waals surface area contributed by atoms with E-state index in [9.17, 15) is 19.8 Å². The van der Waals surface area contributed by atoms with Gasteiger partial charge in [0.05, 0.1) is 39.2 Å². The first kappa shape index (κ1) is 25.2. The number of aromatic nitrogens is 1. The van der Waals surface area contributed by atoms with Gasteiger partial charge < -0.3 is 34.3 Å². The quantitative estimate of drug-likeness (QED) is 0.330. The van der Waals surface area contributed by atoms with Crippen LogP contribution < -0.4 is 19.8 Å². The Labute approximate surface area is 218 Å². The fraction of sp³-hybridized carbons (Fsp3) is 0.241. The van der Waals surface area contributed by atoms with Crippen molar-refractivity contribution < 1.29 is 29.2 Å². The highest BCUT2D eigenvalue weighted by molar-refractivity contribution is 6.08. The second kappa shape index (κ2) is 9.42. The van der Waals surface area contributed by atoms with Crippen molar-refractivity contribution in [1.29, 1.82) is 0 Å². The van der Waals surface area contributed by atoms with E-state index in [1.165, 1.54) is 20.3 Å². The van der Waals surface area contributed by atoms with E-state index in [4.69, 9.17) is 14.2 Å². The molecule has 0 radical (unpaired) electrons. The Bertz CT molecular complexity index is 1670. The molecule has 0 spiro atoms. The van der Waals surface area contributed by atoms with Gasteiger partial charge in [-0.3, -0.25) is 4.79 Å². The lowest BCUT2D eigenvalue weighted by Gasteiger charge is -2.45. The topological polar surface area (TPSA) is 121 Å². The fourth-order valence-corrected chi connectivity index (χ4v) is 5.29. The first-order chi connectivity index (χ1) is 18.3. The van der Waals surface area contributed by atoms with E-state index in [0.717, 1.165) is 16.3 Å². The molecule has 5 rings (SSSR count). The lowest BCUT2D eigenvalue weighted by Crippen LogP contribution is -2.57.